The second-order valence-corrected chi connectivity index (χ2v) is 7.14. The quantitative estimate of drug-likeness (QED) is 0.731. The molecule has 1 N–H and O–H groups in total. The molecule has 0 saturated carbocycles. The summed E-state index contributed by atoms with van der Waals surface area (Å²) in [5.74, 6) is 1.89. The zero-order valence-electron chi connectivity index (χ0n) is 16.8. The van der Waals surface area contributed by atoms with Crippen LogP contribution in [0.2, 0.25) is 0 Å². The summed E-state index contributed by atoms with van der Waals surface area (Å²) in [5.41, 5.74) is 3.66. The molecule has 2 aromatic rings. The van der Waals surface area contributed by atoms with Gasteiger partial charge in [0.1, 0.15) is 11.6 Å². The number of hydrogen-bond acceptors (Lipinski definition) is 5. The number of nitrogens with zero attached hydrogens (tertiary/aromatic N) is 3. The summed E-state index contributed by atoms with van der Waals surface area (Å²) in [6, 6.07) is 8.55. The van der Waals surface area contributed by atoms with Gasteiger partial charge in [0.25, 0.3) is 0 Å². The van der Waals surface area contributed by atoms with Gasteiger partial charge in [-0.2, -0.15) is 5.10 Å². The second-order valence-electron chi connectivity index (χ2n) is 7.14. The van der Waals surface area contributed by atoms with E-state index in [1.54, 1.807) is 7.11 Å². The van der Waals surface area contributed by atoms with Crippen LogP contribution in [0.25, 0.3) is 0 Å². The maximum absolute atomic E-state index is 5.57. The van der Waals surface area contributed by atoms with Crippen molar-refractivity contribution in [2.75, 3.05) is 38.7 Å². The van der Waals surface area contributed by atoms with Gasteiger partial charge in [-0.05, 0) is 31.0 Å². The van der Waals surface area contributed by atoms with Gasteiger partial charge < -0.3 is 14.8 Å². The van der Waals surface area contributed by atoms with Gasteiger partial charge in [0.2, 0.25) is 0 Å². The molecule has 6 heteroatoms. The van der Waals surface area contributed by atoms with E-state index in [0.717, 1.165) is 63.9 Å². The molecule has 1 saturated heterocycles. The number of morpholine rings is 1. The molecule has 0 bridgehead atoms. The lowest BCUT2D eigenvalue weighted by molar-refractivity contribution is 0.0339. The topological polar surface area (TPSA) is 51.5 Å². The molecule has 3 rings (SSSR count). The van der Waals surface area contributed by atoms with Crippen molar-refractivity contribution in [1.29, 1.82) is 0 Å². The number of aromatic nitrogens is 2. The van der Waals surface area contributed by atoms with Gasteiger partial charge in [-0.3, -0.25) is 9.58 Å². The van der Waals surface area contributed by atoms with Crippen molar-refractivity contribution in [3.05, 3.63) is 41.1 Å². The van der Waals surface area contributed by atoms with Crippen LogP contribution in [-0.4, -0.2) is 48.1 Å². The summed E-state index contributed by atoms with van der Waals surface area (Å²) in [5, 5.41) is 8.13. The van der Waals surface area contributed by atoms with Crippen molar-refractivity contribution >= 4 is 5.82 Å². The third-order valence-electron chi connectivity index (χ3n) is 5.02. The average Bonchev–Trinajstić information content (AvgIpc) is 3.05. The van der Waals surface area contributed by atoms with Gasteiger partial charge in [0, 0.05) is 50.0 Å². The van der Waals surface area contributed by atoms with Crippen molar-refractivity contribution in [1.82, 2.24) is 14.7 Å². The summed E-state index contributed by atoms with van der Waals surface area (Å²) < 4.78 is 13.1. The molecule has 0 unspecified atom stereocenters. The first kappa shape index (κ1) is 19.7. The second kappa shape index (κ2) is 9.76. The summed E-state index contributed by atoms with van der Waals surface area (Å²) in [4.78, 5) is 2.41. The number of anilines is 1. The molecule has 1 aromatic heterocycles. The van der Waals surface area contributed by atoms with E-state index in [1.807, 2.05) is 0 Å². The van der Waals surface area contributed by atoms with E-state index in [9.17, 15) is 0 Å². The minimum Gasteiger partial charge on any atom is -0.496 e. The zero-order chi connectivity index (χ0) is 19.1. The molecule has 6 nitrogen and oxygen atoms in total. The molecule has 1 aromatic carbocycles. The molecule has 148 valence electrons. The Labute approximate surface area is 162 Å². The molecule has 27 heavy (non-hydrogen) atoms. The normalized spacial score (nSPS) is 15.1. The molecule has 0 radical (unpaired) electrons. The summed E-state index contributed by atoms with van der Waals surface area (Å²) >= 11 is 0. The highest BCUT2D eigenvalue weighted by Crippen LogP contribution is 2.23. The van der Waals surface area contributed by atoms with Gasteiger partial charge in [0.05, 0.1) is 20.3 Å². The number of ether oxygens (including phenoxy) is 2. The van der Waals surface area contributed by atoms with E-state index in [0.29, 0.717) is 0 Å². The van der Waals surface area contributed by atoms with Crippen molar-refractivity contribution in [2.24, 2.45) is 0 Å². The van der Waals surface area contributed by atoms with E-state index in [2.05, 4.69) is 58.1 Å². The standard InChI is InChI=1S/C21H32N4O2/c1-4-5-8-25-17(2)13-21(23-25)22-15-18-6-7-20(26-3)19(14-18)16-24-9-11-27-12-10-24/h6-7,13-14H,4-5,8-12,15-16H2,1-3H3,(H,22,23). The predicted molar refractivity (Wildman–Crippen MR) is 108 cm³/mol. The van der Waals surface area contributed by atoms with E-state index < -0.39 is 0 Å². The molecule has 1 aliphatic rings. The highest BCUT2D eigenvalue weighted by Gasteiger charge is 2.14. The minimum atomic E-state index is 0.754. The summed E-state index contributed by atoms with van der Waals surface area (Å²) in [6.07, 6.45) is 2.34. The number of hydrogen-bond donors (Lipinski definition) is 1. The number of benzene rings is 1. The molecule has 0 atom stereocenters. The Balaban J connectivity index is 1.63. The largest absolute Gasteiger partial charge is 0.496 e. The smallest absolute Gasteiger partial charge is 0.148 e. The number of aryl methyl sites for hydroxylation is 2. The molecule has 0 aliphatic carbocycles. The first-order valence-electron chi connectivity index (χ1n) is 9.93. The van der Waals surface area contributed by atoms with Crippen LogP contribution in [0.5, 0.6) is 5.75 Å². The lowest BCUT2D eigenvalue weighted by Crippen LogP contribution is -2.35. The van der Waals surface area contributed by atoms with Crippen LogP contribution in [0.15, 0.2) is 24.3 Å². The van der Waals surface area contributed by atoms with Crippen molar-refractivity contribution in [3.63, 3.8) is 0 Å². The van der Waals surface area contributed by atoms with E-state index in [-0.39, 0.29) is 0 Å². The highest BCUT2D eigenvalue weighted by molar-refractivity contribution is 5.41. The van der Waals surface area contributed by atoms with Gasteiger partial charge >= 0.3 is 0 Å². The summed E-state index contributed by atoms with van der Waals surface area (Å²) in [6.45, 7) is 10.5. The number of rotatable bonds is 9. The maximum Gasteiger partial charge on any atom is 0.148 e. The van der Waals surface area contributed by atoms with E-state index >= 15 is 0 Å². The molecular weight excluding hydrogens is 340 g/mol. The van der Waals surface area contributed by atoms with Gasteiger partial charge in [-0.15, -0.1) is 0 Å². The fourth-order valence-corrected chi connectivity index (χ4v) is 3.39. The van der Waals surface area contributed by atoms with Crippen LogP contribution in [0.4, 0.5) is 5.82 Å². The number of unbranched alkanes of at least 4 members (excludes halogenated alkanes) is 1. The number of nitrogens with one attached hydrogen (secondary N) is 1. The van der Waals surface area contributed by atoms with Crippen LogP contribution in [0.3, 0.4) is 0 Å². The van der Waals surface area contributed by atoms with Crippen LogP contribution in [-0.2, 0) is 24.4 Å². The van der Waals surface area contributed by atoms with E-state index in [1.165, 1.54) is 23.2 Å². The molecule has 0 spiro atoms. The van der Waals surface area contributed by atoms with Crippen LogP contribution in [0, 0.1) is 6.92 Å². The maximum atomic E-state index is 5.57. The van der Waals surface area contributed by atoms with Crippen LogP contribution >= 0.6 is 0 Å². The average molecular weight is 373 g/mol. The van der Waals surface area contributed by atoms with Crippen molar-refractivity contribution < 1.29 is 9.47 Å². The Morgan fingerprint density at radius 2 is 2.04 bits per heavy atom. The fourth-order valence-electron chi connectivity index (χ4n) is 3.39. The lowest BCUT2D eigenvalue weighted by Gasteiger charge is -2.27. The Kier molecular flexibility index (Phi) is 7.12. The third kappa shape index (κ3) is 5.47. The monoisotopic (exact) mass is 372 g/mol. The Hall–Kier alpha value is -2.05. The SMILES string of the molecule is CCCCn1nc(NCc2ccc(OC)c(CN3CCOCC3)c2)cc1C. The third-order valence-corrected chi connectivity index (χ3v) is 5.02. The van der Waals surface area contributed by atoms with Gasteiger partial charge in [-0.1, -0.05) is 19.4 Å². The first-order chi connectivity index (χ1) is 13.2. The summed E-state index contributed by atoms with van der Waals surface area (Å²) in [7, 11) is 1.74. The highest BCUT2D eigenvalue weighted by atomic mass is 16.5. The number of methoxy groups -OCH3 is 1. The van der Waals surface area contributed by atoms with Gasteiger partial charge in [0.15, 0.2) is 0 Å². The molecule has 2 heterocycles. The lowest BCUT2D eigenvalue weighted by atomic mass is 10.1. The van der Waals surface area contributed by atoms with Gasteiger partial charge in [-0.25, -0.2) is 0 Å². The predicted octanol–water partition coefficient (Wildman–Crippen LogP) is 3.44. The van der Waals surface area contributed by atoms with E-state index in [4.69, 9.17) is 9.47 Å². The molecule has 1 fully saturated rings. The zero-order valence-corrected chi connectivity index (χ0v) is 16.8. The van der Waals surface area contributed by atoms with Crippen LogP contribution < -0.4 is 10.1 Å². The van der Waals surface area contributed by atoms with Crippen LogP contribution in [0.1, 0.15) is 36.6 Å². The Morgan fingerprint density at radius 3 is 2.78 bits per heavy atom. The molecular formula is C21H32N4O2. The van der Waals surface area contributed by atoms with Crippen molar-refractivity contribution in [2.45, 2.75) is 46.3 Å². The Morgan fingerprint density at radius 1 is 1.22 bits per heavy atom. The van der Waals surface area contributed by atoms with Crippen molar-refractivity contribution in [3.8, 4) is 5.75 Å². The fraction of sp³-hybridized carbons (Fsp3) is 0.571. The first-order valence-corrected chi connectivity index (χ1v) is 9.93. The molecule has 1 aliphatic heterocycles. The molecule has 0 amide bonds. The minimum absolute atomic E-state index is 0.754. The Bertz CT molecular complexity index is 723.